The zero-order chi connectivity index (χ0) is 14.1. The zero-order valence-corrected chi connectivity index (χ0v) is 12.3. The lowest BCUT2D eigenvalue weighted by Gasteiger charge is -2.15. The van der Waals surface area contributed by atoms with Gasteiger partial charge in [0.25, 0.3) is 0 Å². The van der Waals surface area contributed by atoms with Gasteiger partial charge in [-0.15, -0.1) is 0 Å². The molecule has 0 radical (unpaired) electrons. The van der Waals surface area contributed by atoms with Gasteiger partial charge in [-0.25, -0.2) is 0 Å². The summed E-state index contributed by atoms with van der Waals surface area (Å²) >= 11 is 0. The van der Waals surface area contributed by atoms with Gasteiger partial charge < -0.3 is 5.32 Å². The molecule has 2 aromatic carbocycles. The van der Waals surface area contributed by atoms with Crippen LogP contribution in [0.3, 0.4) is 0 Å². The second-order valence-corrected chi connectivity index (χ2v) is 5.13. The molecule has 0 fully saturated rings. The molecule has 3 aromatic rings. The van der Waals surface area contributed by atoms with Crippen molar-refractivity contribution >= 4 is 27.4 Å². The topological polar surface area (TPSA) is 24.9 Å². The summed E-state index contributed by atoms with van der Waals surface area (Å²) in [6, 6.07) is 12.8. The summed E-state index contributed by atoms with van der Waals surface area (Å²) in [6.07, 6.45) is 0.962. The second kappa shape index (κ2) is 5.12. The van der Waals surface area contributed by atoms with Gasteiger partial charge in [0.15, 0.2) is 0 Å². The van der Waals surface area contributed by atoms with Crippen LogP contribution in [0.4, 0.5) is 5.69 Å². The standard InChI is InChI=1S/C18H20N2/c1-4-16-12(3)17(19-5-2)15-11-10-13-8-6-7-9-14(13)18(15)20-16/h6-11H,4-5H2,1-3H3,(H,19,20). The molecule has 0 aliphatic rings. The average Bonchev–Trinajstić information content (AvgIpc) is 2.49. The van der Waals surface area contributed by atoms with Crippen molar-refractivity contribution in [3.8, 4) is 0 Å². The third-order valence-corrected chi connectivity index (χ3v) is 3.91. The molecule has 0 aliphatic carbocycles. The van der Waals surface area contributed by atoms with Crippen LogP contribution in [0.25, 0.3) is 21.7 Å². The average molecular weight is 264 g/mol. The third-order valence-electron chi connectivity index (χ3n) is 3.91. The summed E-state index contributed by atoms with van der Waals surface area (Å²) in [7, 11) is 0. The number of nitrogens with one attached hydrogen (secondary N) is 1. The summed E-state index contributed by atoms with van der Waals surface area (Å²) in [6.45, 7) is 7.40. The number of hydrogen-bond acceptors (Lipinski definition) is 2. The molecule has 0 atom stereocenters. The van der Waals surface area contributed by atoms with Crippen LogP contribution in [0.5, 0.6) is 0 Å². The maximum atomic E-state index is 4.92. The van der Waals surface area contributed by atoms with Crippen molar-refractivity contribution in [1.29, 1.82) is 0 Å². The molecular formula is C18H20N2. The van der Waals surface area contributed by atoms with E-state index in [1.165, 1.54) is 33.1 Å². The first-order valence-electron chi connectivity index (χ1n) is 7.31. The van der Waals surface area contributed by atoms with E-state index in [0.717, 1.165) is 18.5 Å². The monoisotopic (exact) mass is 264 g/mol. The third kappa shape index (κ3) is 1.92. The van der Waals surface area contributed by atoms with E-state index in [2.05, 4.69) is 62.5 Å². The summed E-state index contributed by atoms with van der Waals surface area (Å²) in [5.41, 5.74) is 4.81. The normalized spacial score (nSPS) is 11.2. The van der Waals surface area contributed by atoms with E-state index in [-0.39, 0.29) is 0 Å². The predicted molar refractivity (Wildman–Crippen MR) is 87.5 cm³/mol. The SMILES string of the molecule is CCNc1c(C)c(CC)nc2c1ccc1ccccc12. The molecule has 1 N–H and O–H groups in total. The van der Waals surface area contributed by atoms with Crippen molar-refractivity contribution in [2.45, 2.75) is 27.2 Å². The Hall–Kier alpha value is -2.09. The van der Waals surface area contributed by atoms with Crippen LogP contribution < -0.4 is 5.32 Å². The number of aromatic nitrogens is 1. The van der Waals surface area contributed by atoms with Gasteiger partial charge >= 0.3 is 0 Å². The van der Waals surface area contributed by atoms with E-state index in [0.29, 0.717) is 0 Å². The first-order valence-corrected chi connectivity index (χ1v) is 7.31. The number of benzene rings is 2. The van der Waals surface area contributed by atoms with Crippen molar-refractivity contribution in [3.05, 3.63) is 47.7 Å². The quantitative estimate of drug-likeness (QED) is 0.694. The fourth-order valence-electron chi connectivity index (χ4n) is 2.89. The zero-order valence-electron chi connectivity index (χ0n) is 12.3. The number of rotatable bonds is 3. The van der Waals surface area contributed by atoms with Gasteiger partial charge in [0, 0.05) is 28.7 Å². The highest BCUT2D eigenvalue weighted by Crippen LogP contribution is 2.32. The highest BCUT2D eigenvalue weighted by molar-refractivity contribution is 6.09. The summed E-state index contributed by atoms with van der Waals surface area (Å²) in [5, 5.41) is 7.23. The second-order valence-electron chi connectivity index (χ2n) is 5.13. The van der Waals surface area contributed by atoms with Gasteiger partial charge in [0.05, 0.1) is 5.52 Å². The van der Waals surface area contributed by atoms with Gasteiger partial charge in [-0.1, -0.05) is 43.3 Å². The Morgan fingerprint density at radius 1 is 1.00 bits per heavy atom. The van der Waals surface area contributed by atoms with Crippen molar-refractivity contribution in [2.24, 2.45) is 0 Å². The Morgan fingerprint density at radius 3 is 2.55 bits per heavy atom. The van der Waals surface area contributed by atoms with Crippen molar-refractivity contribution in [1.82, 2.24) is 4.98 Å². The highest BCUT2D eigenvalue weighted by Gasteiger charge is 2.12. The van der Waals surface area contributed by atoms with E-state index >= 15 is 0 Å². The van der Waals surface area contributed by atoms with E-state index in [1.807, 2.05) is 0 Å². The van der Waals surface area contributed by atoms with Crippen LogP contribution in [0.2, 0.25) is 0 Å². The maximum absolute atomic E-state index is 4.92. The smallest absolute Gasteiger partial charge is 0.0804 e. The highest BCUT2D eigenvalue weighted by atomic mass is 14.9. The Bertz CT molecular complexity index is 775. The lowest BCUT2D eigenvalue weighted by atomic mass is 10.0. The molecule has 1 heterocycles. The lowest BCUT2D eigenvalue weighted by Crippen LogP contribution is -2.04. The number of anilines is 1. The Balaban J connectivity index is 2.46. The Morgan fingerprint density at radius 2 is 1.80 bits per heavy atom. The molecule has 102 valence electrons. The van der Waals surface area contributed by atoms with Crippen LogP contribution >= 0.6 is 0 Å². The fourth-order valence-corrected chi connectivity index (χ4v) is 2.89. The minimum Gasteiger partial charge on any atom is -0.385 e. The molecule has 0 unspecified atom stereocenters. The Kier molecular flexibility index (Phi) is 3.31. The van der Waals surface area contributed by atoms with Gasteiger partial charge in [-0.05, 0) is 31.2 Å². The van der Waals surface area contributed by atoms with Crippen LogP contribution in [0.1, 0.15) is 25.1 Å². The van der Waals surface area contributed by atoms with Crippen LogP contribution in [0.15, 0.2) is 36.4 Å². The molecule has 0 amide bonds. The van der Waals surface area contributed by atoms with Crippen LogP contribution in [0, 0.1) is 6.92 Å². The molecule has 0 saturated heterocycles. The molecule has 1 aromatic heterocycles. The molecule has 2 heteroatoms. The molecule has 20 heavy (non-hydrogen) atoms. The summed E-state index contributed by atoms with van der Waals surface area (Å²) in [5.74, 6) is 0. The van der Waals surface area contributed by atoms with Gasteiger partial charge in [-0.3, -0.25) is 4.98 Å². The number of fused-ring (bicyclic) bond motifs is 3. The molecule has 3 rings (SSSR count). The van der Waals surface area contributed by atoms with Gasteiger partial charge in [-0.2, -0.15) is 0 Å². The van der Waals surface area contributed by atoms with Crippen molar-refractivity contribution in [3.63, 3.8) is 0 Å². The van der Waals surface area contributed by atoms with E-state index < -0.39 is 0 Å². The lowest BCUT2D eigenvalue weighted by molar-refractivity contribution is 1.03. The molecule has 0 saturated carbocycles. The minimum atomic E-state index is 0.927. The molecule has 0 spiro atoms. The first kappa shape index (κ1) is 12.9. The van der Waals surface area contributed by atoms with E-state index in [9.17, 15) is 0 Å². The number of nitrogens with zero attached hydrogens (tertiary/aromatic N) is 1. The van der Waals surface area contributed by atoms with Crippen molar-refractivity contribution < 1.29 is 0 Å². The predicted octanol–water partition coefficient (Wildman–Crippen LogP) is 4.69. The Labute approximate surface area is 119 Å². The molecule has 0 bridgehead atoms. The van der Waals surface area contributed by atoms with Crippen LogP contribution in [-0.2, 0) is 6.42 Å². The number of aryl methyl sites for hydroxylation is 1. The molecular weight excluding hydrogens is 244 g/mol. The first-order chi connectivity index (χ1) is 9.76. The molecule has 2 nitrogen and oxygen atoms in total. The summed E-state index contributed by atoms with van der Waals surface area (Å²) in [4.78, 5) is 4.92. The largest absolute Gasteiger partial charge is 0.385 e. The van der Waals surface area contributed by atoms with Crippen molar-refractivity contribution in [2.75, 3.05) is 11.9 Å². The van der Waals surface area contributed by atoms with E-state index in [4.69, 9.17) is 4.98 Å². The number of hydrogen-bond donors (Lipinski definition) is 1. The summed E-state index contributed by atoms with van der Waals surface area (Å²) < 4.78 is 0. The van der Waals surface area contributed by atoms with Gasteiger partial charge in [0.1, 0.15) is 0 Å². The fraction of sp³-hybridized carbons (Fsp3) is 0.278. The molecule has 0 aliphatic heterocycles. The minimum absolute atomic E-state index is 0.927. The maximum Gasteiger partial charge on any atom is 0.0804 e. The van der Waals surface area contributed by atoms with Crippen LogP contribution in [-0.4, -0.2) is 11.5 Å². The number of pyridine rings is 1. The van der Waals surface area contributed by atoms with Gasteiger partial charge in [0.2, 0.25) is 0 Å². The van der Waals surface area contributed by atoms with E-state index in [1.54, 1.807) is 0 Å².